The lowest BCUT2D eigenvalue weighted by Crippen LogP contribution is -2.33. The summed E-state index contributed by atoms with van der Waals surface area (Å²) in [6.07, 6.45) is 4.13. The van der Waals surface area contributed by atoms with E-state index in [1.807, 2.05) is 24.3 Å². The summed E-state index contributed by atoms with van der Waals surface area (Å²) in [6.45, 7) is 4.69. The molecular formula is C13H19ClN2. The maximum atomic E-state index is 5.83. The van der Waals surface area contributed by atoms with E-state index in [9.17, 15) is 0 Å². The quantitative estimate of drug-likeness (QED) is 0.867. The first-order chi connectivity index (χ1) is 7.84. The van der Waals surface area contributed by atoms with Crippen LogP contribution in [0.1, 0.15) is 19.3 Å². The number of piperidine rings is 1. The smallest absolute Gasteiger partial charge is 0.0407 e. The van der Waals surface area contributed by atoms with Crippen molar-refractivity contribution in [1.82, 2.24) is 4.90 Å². The van der Waals surface area contributed by atoms with Crippen molar-refractivity contribution in [3.05, 3.63) is 29.3 Å². The standard InChI is InChI=1S/C13H19ClN2/c14-12-4-6-13(7-5-12)15-8-11-16-9-2-1-3-10-16/h4-7,15H,1-3,8-11H2. The largest absolute Gasteiger partial charge is 0.384 e. The van der Waals surface area contributed by atoms with Gasteiger partial charge in [0, 0.05) is 23.8 Å². The highest BCUT2D eigenvalue weighted by molar-refractivity contribution is 6.30. The van der Waals surface area contributed by atoms with E-state index in [4.69, 9.17) is 11.6 Å². The van der Waals surface area contributed by atoms with Gasteiger partial charge in [-0.3, -0.25) is 0 Å². The monoisotopic (exact) mass is 238 g/mol. The normalized spacial score (nSPS) is 17.3. The fourth-order valence-corrected chi connectivity index (χ4v) is 2.24. The Hall–Kier alpha value is -0.730. The number of halogens is 1. The molecule has 1 N–H and O–H groups in total. The highest BCUT2D eigenvalue weighted by Crippen LogP contribution is 2.13. The molecule has 1 heterocycles. The Kier molecular flexibility index (Phi) is 4.49. The minimum absolute atomic E-state index is 0.793. The van der Waals surface area contributed by atoms with Gasteiger partial charge in [-0.1, -0.05) is 18.0 Å². The molecule has 1 aromatic rings. The fourth-order valence-electron chi connectivity index (χ4n) is 2.11. The number of nitrogens with zero attached hydrogens (tertiary/aromatic N) is 1. The summed E-state index contributed by atoms with van der Waals surface area (Å²) in [4.78, 5) is 2.53. The second-order valence-corrected chi connectivity index (χ2v) is 4.77. The lowest BCUT2D eigenvalue weighted by atomic mass is 10.1. The lowest BCUT2D eigenvalue weighted by molar-refractivity contribution is 0.237. The van der Waals surface area contributed by atoms with Crippen LogP contribution >= 0.6 is 11.6 Å². The number of benzene rings is 1. The molecule has 1 aromatic carbocycles. The van der Waals surface area contributed by atoms with Crippen LogP contribution in [0, 0.1) is 0 Å². The molecular weight excluding hydrogens is 220 g/mol. The maximum absolute atomic E-state index is 5.83. The summed E-state index contributed by atoms with van der Waals surface area (Å²) < 4.78 is 0. The van der Waals surface area contributed by atoms with Gasteiger partial charge >= 0.3 is 0 Å². The minimum atomic E-state index is 0.793. The lowest BCUT2D eigenvalue weighted by Gasteiger charge is -2.26. The number of hydrogen-bond donors (Lipinski definition) is 1. The zero-order valence-corrected chi connectivity index (χ0v) is 10.3. The Bertz CT molecular complexity index is 304. The van der Waals surface area contributed by atoms with Crippen molar-refractivity contribution >= 4 is 17.3 Å². The van der Waals surface area contributed by atoms with Gasteiger partial charge in [0.2, 0.25) is 0 Å². The second kappa shape index (κ2) is 6.12. The Morgan fingerprint density at radius 3 is 2.44 bits per heavy atom. The molecule has 0 spiro atoms. The van der Waals surface area contributed by atoms with Crippen LogP contribution in [0.2, 0.25) is 5.02 Å². The Morgan fingerprint density at radius 1 is 1.06 bits per heavy atom. The van der Waals surface area contributed by atoms with Crippen molar-refractivity contribution in [3.8, 4) is 0 Å². The van der Waals surface area contributed by atoms with Gasteiger partial charge in [0.25, 0.3) is 0 Å². The van der Waals surface area contributed by atoms with Crippen LogP contribution in [0.3, 0.4) is 0 Å². The first kappa shape index (κ1) is 11.7. The first-order valence-corrected chi connectivity index (χ1v) is 6.44. The molecule has 3 heteroatoms. The van der Waals surface area contributed by atoms with Crippen molar-refractivity contribution in [3.63, 3.8) is 0 Å². The Morgan fingerprint density at radius 2 is 1.75 bits per heavy atom. The van der Waals surface area contributed by atoms with Crippen LogP contribution in [0.15, 0.2) is 24.3 Å². The van der Waals surface area contributed by atoms with Gasteiger partial charge in [0.05, 0.1) is 0 Å². The van der Waals surface area contributed by atoms with Gasteiger partial charge in [-0.05, 0) is 50.2 Å². The van der Waals surface area contributed by atoms with E-state index in [-0.39, 0.29) is 0 Å². The van der Waals surface area contributed by atoms with Crippen LogP contribution in [-0.4, -0.2) is 31.1 Å². The third-order valence-corrected chi connectivity index (χ3v) is 3.30. The zero-order chi connectivity index (χ0) is 11.2. The molecule has 0 unspecified atom stereocenters. The molecule has 1 aliphatic rings. The van der Waals surface area contributed by atoms with Gasteiger partial charge in [-0.25, -0.2) is 0 Å². The van der Waals surface area contributed by atoms with E-state index in [1.54, 1.807) is 0 Å². The highest BCUT2D eigenvalue weighted by Gasteiger charge is 2.08. The second-order valence-electron chi connectivity index (χ2n) is 4.34. The first-order valence-electron chi connectivity index (χ1n) is 6.06. The van der Waals surface area contributed by atoms with E-state index in [1.165, 1.54) is 32.4 Å². The van der Waals surface area contributed by atoms with Crippen LogP contribution in [-0.2, 0) is 0 Å². The number of rotatable bonds is 4. The van der Waals surface area contributed by atoms with Gasteiger partial charge in [-0.2, -0.15) is 0 Å². The van der Waals surface area contributed by atoms with Gasteiger partial charge in [0.1, 0.15) is 0 Å². The molecule has 0 bridgehead atoms. The van der Waals surface area contributed by atoms with E-state index < -0.39 is 0 Å². The molecule has 0 radical (unpaired) electrons. The van der Waals surface area contributed by atoms with E-state index in [2.05, 4.69) is 10.2 Å². The van der Waals surface area contributed by atoms with Crippen LogP contribution < -0.4 is 5.32 Å². The third-order valence-electron chi connectivity index (χ3n) is 3.05. The van der Waals surface area contributed by atoms with Crippen LogP contribution in [0.5, 0.6) is 0 Å². The third kappa shape index (κ3) is 3.69. The summed E-state index contributed by atoms with van der Waals surface area (Å²) in [5.74, 6) is 0. The molecule has 2 nitrogen and oxygen atoms in total. The van der Waals surface area contributed by atoms with Crippen molar-refractivity contribution < 1.29 is 0 Å². The molecule has 0 atom stereocenters. The van der Waals surface area contributed by atoms with Crippen LogP contribution in [0.25, 0.3) is 0 Å². The average molecular weight is 239 g/mol. The predicted octanol–water partition coefficient (Wildman–Crippen LogP) is 3.24. The average Bonchev–Trinajstić information content (AvgIpc) is 2.33. The van der Waals surface area contributed by atoms with Crippen molar-refractivity contribution in [2.45, 2.75) is 19.3 Å². The van der Waals surface area contributed by atoms with Gasteiger partial charge in [-0.15, -0.1) is 0 Å². The van der Waals surface area contributed by atoms with E-state index >= 15 is 0 Å². The van der Waals surface area contributed by atoms with Crippen molar-refractivity contribution in [1.29, 1.82) is 0 Å². The predicted molar refractivity (Wildman–Crippen MR) is 70.2 cm³/mol. The molecule has 1 fully saturated rings. The molecule has 1 saturated heterocycles. The summed E-state index contributed by atoms with van der Waals surface area (Å²) in [5, 5.41) is 4.21. The maximum Gasteiger partial charge on any atom is 0.0407 e. The fraction of sp³-hybridized carbons (Fsp3) is 0.538. The number of anilines is 1. The minimum Gasteiger partial charge on any atom is -0.384 e. The van der Waals surface area contributed by atoms with Gasteiger partial charge in [0.15, 0.2) is 0 Å². The van der Waals surface area contributed by atoms with Gasteiger partial charge < -0.3 is 10.2 Å². The summed E-state index contributed by atoms with van der Waals surface area (Å²) in [5.41, 5.74) is 1.15. The molecule has 0 aromatic heterocycles. The molecule has 1 aliphatic heterocycles. The molecule has 88 valence electrons. The highest BCUT2D eigenvalue weighted by atomic mass is 35.5. The molecule has 0 aliphatic carbocycles. The Labute approximate surface area is 103 Å². The van der Waals surface area contributed by atoms with E-state index in [0.29, 0.717) is 0 Å². The Balaban J connectivity index is 1.69. The van der Waals surface area contributed by atoms with Crippen molar-refractivity contribution in [2.75, 3.05) is 31.5 Å². The topological polar surface area (TPSA) is 15.3 Å². The zero-order valence-electron chi connectivity index (χ0n) is 9.58. The molecule has 2 rings (SSSR count). The number of likely N-dealkylation sites (tertiary alicyclic amines) is 1. The van der Waals surface area contributed by atoms with Crippen molar-refractivity contribution in [2.24, 2.45) is 0 Å². The number of nitrogens with one attached hydrogen (secondary N) is 1. The molecule has 16 heavy (non-hydrogen) atoms. The molecule has 0 saturated carbocycles. The summed E-state index contributed by atoms with van der Waals surface area (Å²) in [7, 11) is 0. The molecule has 0 amide bonds. The summed E-state index contributed by atoms with van der Waals surface area (Å²) in [6, 6.07) is 7.90. The summed E-state index contributed by atoms with van der Waals surface area (Å²) >= 11 is 5.83. The number of hydrogen-bond acceptors (Lipinski definition) is 2. The SMILES string of the molecule is Clc1ccc(NCCN2CCCCC2)cc1. The van der Waals surface area contributed by atoms with E-state index in [0.717, 1.165) is 23.8 Å². The van der Waals surface area contributed by atoms with Crippen LogP contribution in [0.4, 0.5) is 5.69 Å².